The van der Waals surface area contributed by atoms with Crippen LogP contribution in [0.25, 0.3) is 0 Å². The molecule has 1 saturated carbocycles. The number of halogens is 1. The van der Waals surface area contributed by atoms with Gasteiger partial charge in [-0.2, -0.15) is 4.98 Å². The van der Waals surface area contributed by atoms with Crippen LogP contribution in [0.1, 0.15) is 47.9 Å². The Morgan fingerprint density at radius 3 is 3.06 bits per heavy atom. The fraction of sp³-hybridized carbons (Fsp3) is 0.600. The predicted molar refractivity (Wildman–Crippen MR) is 62.7 cm³/mol. The van der Waals surface area contributed by atoms with E-state index in [1.165, 1.54) is 0 Å². The van der Waals surface area contributed by atoms with Gasteiger partial charge >= 0.3 is 0 Å². The molecule has 0 spiro atoms. The fourth-order valence-electron chi connectivity index (χ4n) is 1.55. The molecule has 2 aromatic rings. The van der Waals surface area contributed by atoms with Gasteiger partial charge in [-0.1, -0.05) is 26.3 Å². The zero-order valence-electron chi connectivity index (χ0n) is 9.38. The van der Waals surface area contributed by atoms with Crippen LogP contribution in [-0.2, 0) is 6.54 Å². The predicted octanol–water partition coefficient (Wildman–Crippen LogP) is 2.04. The molecule has 1 unspecified atom stereocenters. The van der Waals surface area contributed by atoms with Crippen molar-refractivity contribution in [2.75, 3.05) is 0 Å². The van der Waals surface area contributed by atoms with Crippen molar-refractivity contribution in [2.45, 2.75) is 37.1 Å². The number of hydrogen-bond donors (Lipinski definition) is 0. The van der Waals surface area contributed by atoms with Gasteiger partial charge in [-0.15, -0.1) is 5.10 Å². The Kier molecular flexibility index (Phi) is 2.70. The van der Waals surface area contributed by atoms with Gasteiger partial charge in [0.25, 0.3) is 0 Å². The first-order chi connectivity index (χ1) is 8.22. The van der Waals surface area contributed by atoms with Gasteiger partial charge in [0.2, 0.25) is 5.89 Å². The molecular weight excluding hydrogens is 286 g/mol. The normalized spacial score (nSPS) is 17.3. The first kappa shape index (κ1) is 10.9. The minimum atomic E-state index is 0.198. The first-order valence-corrected chi connectivity index (χ1v) is 6.50. The highest BCUT2D eigenvalue weighted by molar-refractivity contribution is 9.09. The van der Waals surface area contributed by atoms with Gasteiger partial charge in [0.15, 0.2) is 5.82 Å². The van der Waals surface area contributed by atoms with Crippen molar-refractivity contribution in [2.24, 2.45) is 0 Å². The van der Waals surface area contributed by atoms with Crippen molar-refractivity contribution in [3.63, 3.8) is 0 Å². The molecule has 2 heterocycles. The zero-order valence-corrected chi connectivity index (χ0v) is 11.0. The Morgan fingerprint density at radius 2 is 2.41 bits per heavy atom. The van der Waals surface area contributed by atoms with Gasteiger partial charge in [0.05, 0.1) is 16.7 Å². The highest BCUT2D eigenvalue weighted by Gasteiger charge is 2.29. The average Bonchev–Trinajstić information content (AvgIpc) is 2.87. The summed E-state index contributed by atoms with van der Waals surface area (Å²) in [6.07, 6.45) is 4.21. The summed E-state index contributed by atoms with van der Waals surface area (Å²) in [6, 6.07) is 0. The van der Waals surface area contributed by atoms with E-state index < -0.39 is 0 Å². The van der Waals surface area contributed by atoms with Crippen LogP contribution in [-0.4, -0.2) is 25.1 Å². The Bertz CT molecular complexity index is 478. The van der Waals surface area contributed by atoms with Gasteiger partial charge in [0.1, 0.15) is 6.54 Å². The summed E-state index contributed by atoms with van der Waals surface area (Å²) >= 11 is 3.45. The molecule has 1 atom stereocenters. The monoisotopic (exact) mass is 297 g/mol. The number of hydrogen-bond acceptors (Lipinski definition) is 5. The van der Waals surface area contributed by atoms with Gasteiger partial charge < -0.3 is 4.52 Å². The van der Waals surface area contributed by atoms with Crippen LogP contribution < -0.4 is 0 Å². The molecule has 3 rings (SSSR count). The quantitative estimate of drug-likeness (QED) is 0.808. The van der Waals surface area contributed by atoms with Crippen molar-refractivity contribution in [1.82, 2.24) is 25.1 Å². The van der Waals surface area contributed by atoms with E-state index in [1.54, 1.807) is 4.68 Å². The largest absolute Gasteiger partial charge is 0.339 e. The fourth-order valence-corrected chi connectivity index (χ4v) is 1.76. The molecule has 6 nitrogen and oxygen atoms in total. The molecule has 0 radical (unpaired) electrons. The SMILES string of the molecule is CC(Br)c1cn(Cc2noc(C3CC3)n2)nn1. The maximum atomic E-state index is 5.18. The zero-order chi connectivity index (χ0) is 11.8. The Labute approximate surface area is 107 Å². The van der Waals surface area contributed by atoms with E-state index in [0.717, 1.165) is 24.4 Å². The van der Waals surface area contributed by atoms with E-state index in [1.807, 2.05) is 13.1 Å². The van der Waals surface area contributed by atoms with Crippen molar-refractivity contribution >= 4 is 15.9 Å². The van der Waals surface area contributed by atoms with E-state index in [4.69, 9.17) is 4.52 Å². The summed E-state index contributed by atoms with van der Waals surface area (Å²) in [5.41, 5.74) is 0.899. The third kappa shape index (κ3) is 2.38. The van der Waals surface area contributed by atoms with Gasteiger partial charge in [0, 0.05) is 5.92 Å². The molecule has 1 fully saturated rings. The van der Waals surface area contributed by atoms with E-state index in [0.29, 0.717) is 18.3 Å². The summed E-state index contributed by atoms with van der Waals surface area (Å²) in [5.74, 6) is 1.91. The number of aromatic nitrogens is 5. The lowest BCUT2D eigenvalue weighted by Gasteiger charge is -1.94. The summed E-state index contributed by atoms with van der Waals surface area (Å²) in [5, 5.41) is 12.0. The molecule has 17 heavy (non-hydrogen) atoms. The summed E-state index contributed by atoms with van der Waals surface area (Å²) in [4.78, 5) is 4.54. The molecule has 90 valence electrons. The highest BCUT2D eigenvalue weighted by Crippen LogP contribution is 2.38. The van der Waals surface area contributed by atoms with Crippen LogP contribution in [0.3, 0.4) is 0 Å². The standard InChI is InChI=1S/C10H12BrN5O/c1-6(11)8-4-16(15-13-8)5-9-12-10(17-14-9)7-2-3-7/h4,6-7H,2-3,5H2,1H3. The van der Waals surface area contributed by atoms with Crippen LogP contribution in [0, 0.1) is 0 Å². The molecule has 0 saturated heterocycles. The number of alkyl halides is 1. The Morgan fingerprint density at radius 1 is 1.59 bits per heavy atom. The second kappa shape index (κ2) is 4.21. The second-order valence-corrected chi connectivity index (χ2v) is 5.65. The van der Waals surface area contributed by atoms with Gasteiger partial charge in [-0.25, -0.2) is 4.68 Å². The molecule has 1 aliphatic carbocycles. The summed E-state index contributed by atoms with van der Waals surface area (Å²) in [6.45, 7) is 2.51. The molecule has 2 aromatic heterocycles. The summed E-state index contributed by atoms with van der Waals surface area (Å²) < 4.78 is 6.90. The third-order valence-electron chi connectivity index (χ3n) is 2.68. The first-order valence-electron chi connectivity index (χ1n) is 5.59. The topological polar surface area (TPSA) is 69.6 Å². The molecule has 0 aliphatic heterocycles. The lowest BCUT2D eigenvalue weighted by Crippen LogP contribution is -2.02. The minimum absolute atomic E-state index is 0.198. The Balaban J connectivity index is 1.71. The summed E-state index contributed by atoms with van der Waals surface area (Å²) in [7, 11) is 0. The third-order valence-corrected chi connectivity index (χ3v) is 3.15. The lowest BCUT2D eigenvalue weighted by atomic mass is 10.4. The number of nitrogens with zero attached hydrogens (tertiary/aromatic N) is 5. The second-order valence-electron chi connectivity index (χ2n) is 4.28. The molecule has 1 aliphatic rings. The molecule has 0 bridgehead atoms. The molecule has 0 N–H and O–H groups in total. The minimum Gasteiger partial charge on any atom is -0.339 e. The van der Waals surface area contributed by atoms with Crippen molar-refractivity contribution in [3.05, 3.63) is 23.6 Å². The molecule has 0 aromatic carbocycles. The van der Waals surface area contributed by atoms with Crippen molar-refractivity contribution < 1.29 is 4.52 Å². The van der Waals surface area contributed by atoms with Gasteiger partial charge in [-0.3, -0.25) is 0 Å². The maximum Gasteiger partial charge on any atom is 0.229 e. The molecule has 7 heteroatoms. The van der Waals surface area contributed by atoms with E-state index in [9.17, 15) is 0 Å². The maximum absolute atomic E-state index is 5.18. The highest BCUT2D eigenvalue weighted by atomic mass is 79.9. The Hall–Kier alpha value is -1.24. The lowest BCUT2D eigenvalue weighted by molar-refractivity contribution is 0.372. The smallest absolute Gasteiger partial charge is 0.229 e. The van der Waals surface area contributed by atoms with E-state index in [-0.39, 0.29) is 4.83 Å². The van der Waals surface area contributed by atoms with Crippen LogP contribution in [0.4, 0.5) is 0 Å². The van der Waals surface area contributed by atoms with Crippen LogP contribution in [0.15, 0.2) is 10.7 Å². The van der Waals surface area contributed by atoms with Gasteiger partial charge in [-0.05, 0) is 19.8 Å². The van der Waals surface area contributed by atoms with Crippen molar-refractivity contribution in [3.8, 4) is 0 Å². The van der Waals surface area contributed by atoms with Crippen LogP contribution >= 0.6 is 15.9 Å². The van der Waals surface area contributed by atoms with E-state index in [2.05, 4.69) is 36.4 Å². The van der Waals surface area contributed by atoms with Crippen molar-refractivity contribution in [1.29, 1.82) is 0 Å². The van der Waals surface area contributed by atoms with Crippen LogP contribution in [0.2, 0.25) is 0 Å². The molecule has 0 amide bonds. The number of rotatable bonds is 4. The van der Waals surface area contributed by atoms with Crippen LogP contribution in [0.5, 0.6) is 0 Å². The molecular formula is C10H12BrN5O. The van der Waals surface area contributed by atoms with E-state index >= 15 is 0 Å². The average molecular weight is 298 g/mol.